The summed E-state index contributed by atoms with van der Waals surface area (Å²) < 4.78 is 0. The lowest BCUT2D eigenvalue weighted by molar-refractivity contribution is -0.119. The van der Waals surface area contributed by atoms with Gasteiger partial charge in [-0.25, -0.2) is 5.01 Å². The van der Waals surface area contributed by atoms with Crippen molar-refractivity contribution < 1.29 is 4.79 Å². The molecule has 3 rings (SSSR count). The lowest BCUT2D eigenvalue weighted by Gasteiger charge is -2.17. The molecule has 1 atom stereocenters. The van der Waals surface area contributed by atoms with Gasteiger partial charge in [-0.3, -0.25) is 4.79 Å². The number of carbonyl (C=O) groups is 1. The Morgan fingerprint density at radius 2 is 1.77 bits per heavy atom. The Labute approximate surface area is 130 Å². The van der Waals surface area contributed by atoms with Crippen LogP contribution in [0.2, 0.25) is 0 Å². The van der Waals surface area contributed by atoms with E-state index in [0.29, 0.717) is 0 Å². The van der Waals surface area contributed by atoms with E-state index in [0.717, 1.165) is 35.4 Å². The molecular weight excluding hydrogens is 274 g/mol. The largest absolute Gasteiger partial charge is 0.378 e. The zero-order valence-electron chi connectivity index (χ0n) is 12.8. The van der Waals surface area contributed by atoms with Gasteiger partial charge in [0.05, 0.1) is 11.8 Å². The number of rotatable bonds is 4. The van der Waals surface area contributed by atoms with E-state index >= 15 is 0 Å². The van der Waals surface area contributed by atoms with Crippen LogP contribution in [0.3, 0.4) is 0 Å². The molecule has 0 saturated carbocycles. The molecule has 112 valence electrons. The summed E-state index contributed by atoms with van der Waals surface area (Å²) in [4.78, 5) is 13.4. The second-order valence-corrected chi connectivity index (χ2v) is 5.60. The molecule has 22 heavy (non-hydrogen) atoms. The molecule has 4 nitrogen and oxygen atoms in total. The highest BCUT2D eigenvalue weighted by atomic mass is 16.1. The molecule has 0 fully saturated rings. The molecule has 2 aromatic rings. The Kier molecular flexibility index (Phi) is 3.92. The smallest absolute Gasteiger partial charge is 0.230 e. The summed E-state index contributed by atoms with van der Waals surface area (Å²) in [7, 11) is 4.03. The minimum Gasteiger partial charge on any atom is -0.378 e. The molecule has 0 N–H and O–H groups in total. The van der Waals surface area contributed by atoms with Gasteiger partial charge in [-0.05, 0) is 23.3 Å². The van der Waals surface area contributed by atoms with Crippen molar-refractivity contribution in [1.29, 1.82) is 0 Å². The zero-order valence-corrected chi connectivity index (χ0v) is 12.8. The first-order chi connectivity index (χ1) is 10.7. The van der Waals surface area contributed by atoms with E-state index in [2.05, 4.69) is 34.3 Å². The third-order valence-electron chi connectivity index (χ3n) is 3.95. The first-order valence-electron chi connectivity index (χ1n) is 7.33. The van der Waals surface area contributed by atoms with Crippen molar-refractivity contribution in [3.8, 4) is 0 Å². The lowest BCUT2D eigenvalue weighted by Crippen LogP contribution is -2.17. The molecule has 1 heterocycles. The Hall–Kier alpha value is -2.62. The number of nitrogens with zero attached hydrogens (tertiary/aromatic N) is 3. The maximum Gasteiger partial charge on any atom is 0.230 e. The van der Waals surface area contributed by atoms with Crippen molar-refractivity contribution in [2.75, 3.05) is 19.0 Å². The van der Waals surface area contributed by atoms with Crippen LogP contribution in [0.15, 0.2) is 59.7 Å². The van der Waals surface area contributed by atoms with E-state index in [1.165, 1.54) is 5.01 Å². The summed E-state index contributed by atoms with van der Waals surface area (Å²) in [5.74, 6) is 0. The van der Waals surface area contributed by atoms with Gasteiger partial charge in [-0.1, -0.05) is 42.5 Å². The number of hydrogen-bond acceptors (Lipinski definition) is 3. The molecule has 0 unspecified atom stereocenters. The summed E-state index contributed by atoms with van der Waals surface area (Å²) in [6.07, 6.45) is 1.54. The fourth-order valence-electron chi connectivity index (χ4n) is 2.70. The maximum atomic E-state index is 11.3. The average Bonchev–Trinajstić information content (AvgIpc) is 3.00. The van der Waals surface area contributed by atoms with Gasteiger partial charge < -0.3 is 4.90 Å². The van der Waals surface area contributed by atoms with E-state index in [-0.39, 0.29) is 6.04 Å². The molecule has 0 saturated heterocycles. The monoisotopic (exact) mass is 293 g/mol. The fourth-order valence-corrected chi connectivity index (χ4v) is 2.70. The second kappa shape index (κ2) is 6.02. The van der Waals surface area contributed by atoms with Crippen molar-refractivity contribution in [3.63, 3.8) is 0 Å². The van der Waals surface area contributed by atoms with Gasteiger partial charge in [0, 0.05) is 26.2 Å². The van der Waals surface area contributed by atoms with Gasteiger partial charge in [-0.15, -0.1) is 0 Å². The molecule has 0 radical (unpaired) electrons. The van der Waals surface area contributed by atoms with Crippen LogP contribution in [0, 0.1) is 0 Å². The van der Waals surface area contributed by atoms with Crippen molar-refractivity contribution in [2.45, 2.75) is 12.5 Å². The first kappa shape index (κ1) is 14.3. The van der Waals surface area contributed by atoms with E-state index < -0.39 is 0 Å². The molecule has 2 aromatic carbocycles. The van der Waals surface area contributed by atoms with Crippen LogP contribution in [0.5, 0.6) is 0 Å². The number of amides is 1. The third-order valence-corrected chi connectivity index (χ3v) is 3.95. The summed E-state index contributed by atoms with van der Waals surface area (Å²) >= 11 is 0. The standard InChI is InChI=1S/C18H19N3O/c1-20(2)16-10-8-14(9-11-16)17-12-18(21(13-22)19-17)15-6-4-3-5-7-15/h3-11,13,18H,12H2,1-2H3/t18-/m1/s1. The van der Waals surface area contributed by atoms with E-state index in [9.17, 15) is 4.79 Å². The quantitative estimate of drug-likeness (QED) is 0.812. The highest BCUT2D eigenvalue weighted by molar-refractivity contribution is 6.02. The minimum absolute atomic E-state index is 0.0118. The van der Waals surface area contributed by atoms with Gasteiger partial charge in [0.1, 0.15) is 0 Å². The number of anilines is 1. The summed E-state index contributed by atoms with van der Waals surface area (Å²) in [5, 5.41) is 6.00. The Bertz CT molecular complexity index is 677. The summed E-state index contributed by atoms with van der Waals surface area (Å²) in [6.45, 7) is 0. The van der Waals surface area contributed by atoms with Gasteiger partial charge in [0.2, 0.25) is 6.41 Å². The molecule has 4 heteroatoms. The lowest BCUT2D eigenvalue weighted by atomic mass is 9.98. The second-order valence-electron chi connectivity index (χ2n) is 5.60. The van der Waals surface area contributed by atoms with E-state index in [4.69, 9.17) is 0 Å². The van der Waals surface area contributed by atoms with Crippen LogP contribution < -0.4 is 4.90 Å². The predicted molar refractivity (Wildman–Crippen MR) is 89.0 cm³/mol. The van der Waals surface area contributed by atoms with E-state index in [1.54, 1.807) is 0 Å². The molecule has 0 aliphatic carbocycles. The van der Waals surface area contributed by atoms with Crippen molar-refractivity contribution in [3.05, 3.63) is 65.7 Å². The molecule has 1 amide bonds. The number of carbonyl (C=O) groups excluding carboxylic acids is 1. The average molecular weight is 293 g/mol. The molecule has 0 bridgehead atoms. The number of benzene rings is 2. The van der Waals surface area contributed by atoms with Crippen LogP contribution in [0.4, 0.5) is 5.69 Å². The van der Waals surface area contributed by atoms with Crippen LogP contribution in [0.25, 0.3) is 0 Å². The normalized spacial score (nSPS) is 17.3. The minimum atomic E-state index is -0.0118. The number of hydrazone groups is 1. The molecule has 1 aliphatic heterocycles. The highest BCUT2D eigenvalue weighted by Gasteiger charge is 2.28. The van der Waals surface area contributed by atoms with Crippen LogP contribution in [-0.4, -0.2) is 31.2 Å². The van der Waals surface area contributed by atoms with E-state index in [1.807, 2.05) is 44.4 Å². The van der Waals surface area contributed by atoms with Gasteiger partial charge in [0.25, 0.3) is 0 Å². The molecule has 0 aromatic heterocycles. The maximum absolute atomic E-state index is 11.3. The SMILES string of the molecule is CN(C)c1ccc(C2=NN(C=O)[C@@H](c3ccccc3)C2)cc1. The first-order valence-corrected chi connectivity index (χ1v) is 7.33. The summed E-state index contributed by atoms with van der Waals surface area (Å²) in [6, 6.07) is 18.3. The zero-order chi connectivity index (χ0) is 15.5. The van der Waals surface area contributed by atoms with Crippen LogP contribution >= 0.6 is 0 Å². The van der Waals surface area contributed by atoms with Crippen LogP contribution in [0.1, 0.15) is 23.6 Å². The Morgan fingerprint density at radius 3 is 2.36 bits per heavy atom. The topological polar surface area (TPSA) is 35.9 Å². The highest BCUT2D eigenvalue weighted by Crippen LogP contribution is 2.31. The van der Waals surface area contributed by atoms with Gasteiger partial charge in [0.15, 0.2) is 0 Å². The van der Waals surface area contributed by atoms with Gasteiger partial charge in [-0.2, -0.15) is 5.10 Å². The molecular formula is C18H19N3O. The number of hydrogen-bond donors (Lipinski definition) is 0. The fraction of sp³-hybridized carbons (Fsp3) is 0.222. The third kappa shape index (κ3) is 2.72. The van der Waals surface area contributed by atoms with Gasteiger partial charge >= 0.3 is 0 Å². The van der Waals surface area contributed by atoms with Crippen molar-refractivity contribution in [1.82, 2.24) is 5.01 Å². The van der Waals surface area contributed by atoms with Crippen LogP contribution in [-0.2, 0) is 4.79 Å². The summed E-state index contributed by atoms with van der Waals surface area (Å²) in [5.41, 5.74) is 4.27. The Morgan fingerprint density at radius 1 is 1.09 bits per heavy atom. The van der Waals surface area contributed by atoms with Crippen molar-refractivity contribution in [2.24, 2.45) is 5.10 Å². The molecule has 0 spiro atoms. The van der Waals surface area contributed by atoms with Crippen molar-refractivity contribution >= 4 is 17.8 Å². The Balaban J connectivity index is 1.85. The molecule has 1 aliphatic rings. The predicted octanol–water partition coefficient (Wildman–Crippen LogP) is 3.06.